The molecule has 0 atom stereocenters. The molecule has 0 bridgehead atoms. The number of hydrogen-bond acceptors (Lipinski definition) is 4. The number of hydrogen-bond donors (Lipinski definition) is 1. The van der Waals surface area contributed by atoms with Crippen LogP contribution in [-0.2, 0) is 11.3 Å². The lowest BCUT2D eigenvalue weighted by Crippen LogP contribution is -2.30. The lowest BCUT2D eigenvalue weighted by molar-refractivity contribution is -0.123. The van der Waals surface area contributed by atoms with Crippen LogP contribution in [0.4, 0.5) is 9.18 Å². The van der Waals surface area contributed by atoms with E-state index < -0.39 is 17.8 Å². The Bertz CT molecular complexity index is 911. The fourth-order valence-electron chi connectivity index (χ4n) is 2.73. The molecule has 0 radical (unpaired) electrons. The normalized spacial score (nSPS) is 15.2. The Morgan fingerprint density at radius 2 is 1.93 bits per heavy atom. The molecule has 1 N–H and O–H groups in total. The van der Waals surface area contributed by atoms with Gasteiger partial charge in [-0.2, -0.15) is 0 Å². The maximum absolute atomic E-state index is 13.8. The molecule has 1 fully saturated rings. The van der Waals surface area contributed by atoms with Crippen molar-refractivity contribution in [1.82, 2.24) is 10.2 Å². The topological polar surface area (TPSA) is 67.9 Å². The van der Waals surface area contributed by atoms with Gasteiger partial charge in [0.2, 0.25) is 0 Å². The summed E-state index contributed by atoms with van der Waals surface area (Å²) >= 11 is 0. The number of nitrogens with one attached hydrogen (secondary N) is 1. The van der Waals surface area contributed by atoms with Gasteiger partial charge in [0.15, 0.2) is 11.5 Å². The molecule has 0 unspecified atom stereocenters. The van der Waals surface area contributed by atoms with Crippen molar-refractivity contribution < 1.29 is 23.5 Å². The molecule has 7 heteroatoms. The van der Waals surface area contributed by atoms with Crippen molar-refractivity contribution in [3.05, 3.63) is 65.1 Å². The van der Waals surface area contributed by atoms with Crippen LogP contribution in [0.15, 0.2) is 48.2 Å². The highest BCUT2D eigenvalue weighted by Crippen LogP contribution is 2.29. The summed E-state index contributed by atoms with van der Waals surface area (Å²) in [5.74, 6) is 0.125. The van der Waals surface area contributed by atoms with E-state index in [0.29, 0.717) is 23.7 Å². The van der Waals surface area contributed by atoms with E-state index in [2.05, 4.69) is 5.32 Å². The Morgan fingerprint density at radius 3 is 2.63 bits per heavy atom. The van der Waals surface area contributed by atoms with Crippen LogP contribution in [0.25, 0.3) is 6.08 Å². The van der Waals surface area contributed by atoms with E-state index in [4.69, 9.17) is 9.47 Å². The average Bonchev–Trinajstić information content (AvgIpc) is 2.91. The molecule has 1 aliphatic heterocycles. The van der Waals surface area contributed by atoms with Gasteiger partial charge >= 0.3 is 6.03 Å². The second-order valence-electron chi connectivity index (χ2n) is 5.81. The first kappa shape index (κ1) is 18.4. The molecule has 2 aromatic carbocycles. The highest BCUT2D eigenvalue weighted by Gasteiger charge is 2.34. The summed E-state index contributed by atoms with van der Waals surface area (Å²) in [4.78, 5) is 25.7. The molecule has 0 aromatic heterocycles. The van der Waals surface area contributed by atoms with Crippen LogP contribution < -0.4 is 14.8 Å². The Balaban J connectivity index is 1.84. The van der Waals surface area contributed by atoms with Crippen molar-refractivity contribution in [2.24, 2.45) is 0 Å². The number of amides is 3. The molecule has 1 heterocycles. The van der Waals surface area contributed by atoms with Gasteiger partial charge < -0.3 is 14.8 Å². The molecule has 2 aromatic rings. The summed E-state index contributed by atoms with van der Waals surface area (Å²) in [5, 5.41) is 2.53. The quantitative estimate of drug-likeness (QED) is 0.626. The Labute approximate surface area is 156 Å². The highest BCUT2D eigenvalue weighted by atomic mass is 19.1. The standard InChI is InChI=1S/C20H19FN2O4/c1-3-27-18-11-13(8-9-17(18)26-2)10-16-19(24)23(20(25)22-16)12-14-6-4-5-7-15(14)21/h4-11H,3,12H2,1-2H3,(H,22,25)/b16-10-. The van der Waals surface area contributed by atoms with Crippen LogP contribution in [0.2, 0.25) is 0 Å². The summed E-state index contributed by atoms with van der Waals surface area (Å²) in [6, 6.07) is 10.6. The lowest BCUT2D eigenvalue weighted by Gasteiger charge is -2.12. The summed E-state index contributed by atoms with van der Waals surface area (Å²) in [7, 11) is 1.54. The van der Waals surface area contributed by atoms with Crippen LogP contribution in [0.1, 0.15) is 18.1 Å². The van der Waals surface area contributed by atoms with E-state index in [9.17, 15) is 14.0 Å². The first-order valence-electron chi connectivity index (χ1n) is 8.42. The first-order chi connectivity index (χ1) is 13.0. The SMILES string of the molecule is CCOc1cc(/C=C2\NC(=O)N(Cc3ccccc3F)C2=O)ccc1OC. The van der Waals surface area contributed by atoms with Gasteiger partial charge in [0.1, 0.15) is 11.5 Å². The Morgan fingerprint density at radius 1 is 1.15 bits per heavy atom. The van der Waals surface area contributed by atoms with Crippen molar-refractivity contribution >= 4 is 18.0 Å². The smallest absolute Gasteiger partial charge is 0.329 e. The Hall–Kier alpha value is -3.35. The predicted molar refractivity (Wildman–Crippen MR) is 97.6 cm³/mol. The maximum Gasteiger partial charge on any atom is 0.329 e. The third-order valence-electron chi connectivity index (χ3n) is 4.05. The van der Waals surface area contributed by atoms with Gasteiger partial charge in [-0.3, -0.25) is 9.69 Å². The van der Waals surface area contributed by atoms with Crippen LogP contribution in [0.3, 0.4) is 0 Å². The summed E-state index contributed by atoms with van der Waals surface area (Å²) in [5.41, 5.74) is 1.05. The average molecular weight is 370 g/mol. The zero-order valence-electron chi connectivity index (χ0n) is 15.0. The summed E-state index contributed by atoms with van der Waals surface area (Å²) in [6.07, 6.45) is 1.55. The van der Waals surface area contributed by atoms with Crippen LogP contribution in [0.5, 0.6) is 11.5 Å². The molecule has 0 spiro atoms. The van der Waals surface area contributed by atoms with Gasteiger partial charge in [0.25, 0.3) is 5.91 Å². The number of benzene rings is 2. The number of carbonyl (C=O) groups is 2. The van der Waals surface area contributed by atoms with Gasteiger partial charge in [-0.05, 0) is 36.8 Å². The van der Waals surface area contributed by atoms with Crippen LogP contribution in [0, 0.1) is 5.82 Å². The minimum Gasteiger partial charge on any atom is -0.493 e. The number of imide groups is 1. The van der Waals surface area contributed by atoms with E-state index >= 15 is 0 Å². The van der Waals surface area contributed by atoms with Gasteiger partial charge in [-0.25, -0.2) is 9.18 Å². The fraction of sp³-hybridized carbons (Fsp3) is 0.200. The number of carbonyl (C=O) groups excluding carboxylic acids is 2. The maximum atomic E-state index is 13.8. The largest absolute Gasteiger partial charge is 0.493 e. The van der Waals surface area contributed by atoms with Gasteiger partial charge in [-0.1, -0.05) is 24.3 Å². The zero-order chi connectivity index (χ0) is 19.4. The monoisotopic (exact) mass is 370 g/mol. The lowest BCUT2D eigenvalue weighted by atomic mass is 10.1. The number of halogens is 1. The molecule has 0 saturated carbocycles. The predicted octanol–water partition coefficient (Wildman–Crippen LogP) is 3.33. The van der Waals surface area contributed by atoms with E-state index in [1.165, 1.54) is 19.2 Å². The van der Waals surface area contributed by atoms with Gasteiger partial charge in [0.05, 0.1) is 20.3 Å². The summed E-state index contributed by atoms with van der Waals surface area (Å²) < 4.78 is 24.6. The van der Waals surface area contributed by atoms with Crippen LogP contribution in [-0.4, -0.2) is 30.6 Å². The van der Waals surface area contributed by atoms with Crippen molar-refractivity contribution in [2.45, 2.75) is 13.5 Å². The van der Waals surface area contributed by atoms with E-state index in [-0.39, 0.29) is 17.8 Å². The number of ether oxygens (including phenoxy) is 2. The minimum atomic E-state index is -0.590. The van der Waals surface area contributed by atoms with Crippen molar-refractivity contribution in [3.8, 4) is 11.5 Å². The van der Waals surface area contributed by atoms with Gasteiger partial charge in [0, 0.05) is 5.56 Å². The van der Waals surface area contributed by atoms with Crippen molar-refractivity contribution in [1.29, 1.82) is 0 Å². The van der Waals surface area contributed by atoms with Gasteiger partial charge in [-0.15, -0.1) is 0 Å². The van der Waals surface area contributed by atoms with Crippen molar-refractivity contribution in [3.63, 3.8) is 0 Å². The zero-order valence-corrected chi connectivity index (χ0v) is 15.0. The molecule has 27 heavy (non-hydrogen) atoms. The second-order valence-corrected chi connectivity index (χ2v) is 5.81. The molecule has 1 aliphatic rings. The molecule has 1 saturated heterocycles. The first-order valence-corrected chi connectivity index (χ1v) is 8.42. The number of methoxy groups -OCH3 is 1. The molecular formula is C20H19FN2O4. The van der Waals surface area contributed by atoms with E-state index in [1.54, 1.807) is 36.4 Å². The molecule has 0 aliphatic carbocycles. The Kier molecular flexibility index (Phi) is 5.40. The minimum absolute atomic E-state index is 0.115. The molecule has 3 rings (SSSR count). The second kappa shape index (κ2) is 7.90. The van der Waals surface area contributed by atoms with Crippen molar-refractivity contribution in [2.75, 3.05) is 13.7 Å². The summed E-state index contributed by atoms with van der Waals surface area (Å²) in [6.45, 7) is 2.18. The van der Waals surface area contributed by atoms with E-state index in [0.717, 1.165) is 4.90 Å². The van der Waals surface area contributed by atoms with E-state index in [1.807, 2.05) is 6.92 Å². The molecular weight excluding hydrogens is 351 g/mol. The van der Waals surface area contributed by atoms with Crippen LogP contribution >= 0.6 is 0 Å². The molecule has 3 amide bonds. The molecule has 6 nitrogen and oxygen atoms in total. The third kappa shape index (κ3) is 3.92. The number of urea groups is 1. The number of nitrogens with zero attached hydrogens (tertiary/aromatic N) is 1. The fourth-order valence-corrected chi connectivity index (χ4v) is 2.73. The third-order valence-corrected chi connectivity index (χ3v) is 4.05. The molecule has 140 valence electrons. The highest BCUT2D eigenvalue weighted by molar-refractivity contribution is 6.13. The number of rotatable bonds is 6.